The molecular formula is C18H30N4O2. The number of ether oxygens (including phenoxy) is 2. The molecule has 1 aliphatic rings. The first-order valence-electron chi connectivity index (χ1n) is 8.67. The van der Waals surface area contributed by atoms with Crippen LogP contribution in [0.2, 0.25) is 0 Å². The number of guanidine groups is 1. The van der Waals surface area contributed by atoms with Gasteiger partial charge in [-0.3, -0.25) is 4.99 Å². The summed E-state index contributed by atoms with van der Waals surface area (Å²) in [6.07, 6.45) is 1.13. The Labute approximate surface area is 145 Å². The third-order valence-corrected chi connectivity index (χ3v) is 4.39. The number of aliphatic imine (C=N–C) groups is 1. The first-order valence-corrected chi connectivity index (χ1v) is 8.67. The molecule has 1 heterocycles. The van der Waals surface area contributed by atoms with Crippen molar-refractivity contribution < 1.29 is 9.47 Å². The van der Waals surface area contributed by atoms with Gasteiger partial charge in [0.2, 0.25) is 0 Å². The number of likely N-dealkylation sites (N-methyl/N-ethyl adjacent to an activating group) is 1. The van der Waals surface area contributed by atoms with Gasteiger partial charge in [0.05, 0.1) is 6.54 Å². The molecule has 2 unspecified atom stereocenters. The topological polar surface area (TPSA) is 58.1 Å². The van der Waals surface area contributed by atoms with Crippen molar-refractivity contribution in [1.29, 1.82) is 0 Å². The molecule has 0 radical (unpaired) electrons. The van der Waals surface area contributed by atoms with Crippen LogP contribution in [-0.4, -0.2) is 63.3 Å². The average Bonchev–Trinajstić information content (AvgIpc) is 2.63. The predicted octanol–water partition coefficient (Wildman–Crippen LogP) is 1.72. The molecule has 0 fully saturated rings. The van der Waals surface area contributed by atoms with E-state index in [1.807, 2.05) is 24.3 Å². The molecule has 0 amide bonds. The van der Waals surface area contributed by atoms with Gasteiger partial charge in [-0.2, -0.15) is 0 Å². The number of fused-ring (bicyclic) bond motifs is 1. The van der Waals surface area contributed by atoms with Crippen LogP contribution >= 0.6 is 0 Å². The van der Waals surface area contributed by atoms with Crippen LogP contribution in [0, 0.1) is 0 Å². The van der Waals surface area contributed by atoms with Crippen LogP contribution in [0.1, 0.15) is 20.3 Å². The monoisotopic (exact) mass is 334 g/mol. The molecule has 0 saturated heterocycles. The van der Waals surface area contributed by atoms with Crippen molar-refractivity contribution in [3.05, 3.63) is 24.3 Å². The summed E-state index contributed by atoms with van der Waals surface area (Å²) in [6, 6.07) is 8.34. The highest BCUT2D eigenvalue weighted by molar-refractivity contribution is 5.79. The number of nitrogens with one attached hydrogen (secondary N) is 2. The van der Waals surface area contributed by atoms with Crippen LogP contribution in [-0.2, 0) is 0 Å². The minimum Gasteiger partial charge on any atom is -0.486 e. The Kier molecular flexibility index (Phi) is 7.18. The number of benzene rings is 1. The van der Waals surface area contributed by atoms with E-state index < -0.39 is 0 Å². The van der Waals surface area contributed by atoms with E-state index in [1.54, 1.807) is 7.05 Å². The minimum absolute atomic E-state index is 0.0266. The van der Waals surface area contributed by atoms with Gasteiger partial charge >= 0.3 is 0 Å². The van der Waals surface area contributed by atoms with Crippen LogP contribution < -0.4 is 20.1 Å². The molecule has 1 aliphatic heterocycles. The van der Waals surface area contributed by atoms with E-state index in [0.29, 0.717) is 19.2 Å². The number of hydrogen-bond acceptors (Lipinski definition) is 4. The first-order chi connectivity index (χ1) is 11.6. The second-order valence-electron chi connectivity index (χ2n) is 6.12. The van der Waals surface area contributed by atoms with Crippen molar-refractivity contribution >= 4 is 5.96 Å². The predicted molar refractivity (Wildman–Crippen MR) is 98.1 cm³/mol. The Balaban J connectivity index is 1.71. The van der Waals surface area contributed by atoms with Crippen LogP contribution in [0.4, 0.5) is 0 Å². The molecule has 6 nitrogen and oxygen atoms in total. The van der Waals surface area contributed by atoms with Crippen LogP contribution in [0.5, 0.6) is 11.5 Å². The van der Waals surface area contributed by atoms with E-state index in [1.165, 1.54) is 0 Å². The molecule has 0 bridgehead atoms. The van der Waals surface area contributed by atoms with Gasteiger partial charge in [0.25, 0.3) is 0 Å². The normalized spacial score (nSPS) is 18.4. The first kappa shape index (κ1) is 18.4. The van der Waals surface area contributed by atoms with Gasteiger partial charge in [0.15, 0.2) is 17.5 Å². The van der Waals surface area contributed by atoms with E-state index >= 15 is 0 Å². The summed E-state index contributed by atoms with van der Waals surface area (Å²) < 4.78 is 11.7. The highest BCUT2D eigenvalue weighted by atomic mass is 16.6. The Morgan fingerprint density at radius 3 is 2.79 bits per heavy atom. The summed E-state index contributed by atoms with van der Waals surface area (Å²) in [6.45, 7) is 7.47. The van der Waals surface area contributed by atoms with Crippen molar-refractivity contribution in [2.75, 3.05) is 40.3 Å². The molecule has 24 heavy (non-hydrogen) atoms. The molecule has 1 aromatic carbocycles. The fourth-order valence-electron chi connectivity index (χ4n) is 2.48. The molecule has 0 saturated carbocycles. The third kappa shape index (κ3) is 5.30. The smallest absolute Gasteiger partial charge is 0.191 e. The quantitative estimate of drug-likeness (QED) is 0.587. The van der Waals surface area contributed by atoms with Crippen molar-refractivity contribution in [2.24, 2.45) is 4.99 Å². The highest BCUT2D eigenvalue weighted by Crippen LogP contribution is 2.30. The maximum absolute atomic E-state index is 5.94. The second kappa shape index (κ2) is 9.37. The van der Waals surface area contributed by atoms with Crippen LogP contribution in [0.25, 0.3) is 0 Å². The van der Waals surface area contributed by atoms with Gasteiger partial charge in [0, 0.05) is 26.2 Å². The molecule has 1 aromatic rings. The summed E-state index contributed by atoms with van der Waals surface area (Å²) in [5.74, 6) is 2.40. The van der Waals surface area contributed by atoms with Gasteiger partial charge in [0.1, 0.15) is 12.7 Å². The Morgan fingerprint density at radius 2 is 2.08 bits per heavy atom. The largest absolute Gasteiger partial charge is 0.486 e. The molecule has 2 rings (SSSR count). The maximum atomic E-state index is 5.94. The van der Waals surface area contributed by atoms with E-state index in [4.69, 9.17) is 9.47 Å². The lowest BCUT2D eigenvalue weighted by atomic mass is 10.2. The summed E-state index contributed by atoms with van der Waals surface area (Å²) in [5, 5.41) is 6.64. The highest BCUT2D eigenvalue weighted by Gasteiger charge is 2.20. The molecule has 0 aromatic heterocycles. The van der Waals surface area contributed by atoms with Crippen LogP contribution in [0.15, 0.2) is 29.3 Å². The number of nitrogens with zero attached hydrogens (tertiary/aromatic N) is 2. The maximum Gasteiger partial charge on any atom is 0.191 e. The van der Waals surface area contributed by atoms with Gasteiger partial charge in [-0.25, -0.2) is 0 Å². The number of para-hydroxylation sites is 2. The van der Waals surface area contributed by atoms with Crippen molar-refractivity contribution in [3.63, 3.8) is 0 Å². The third-order valence-electron chi connectivity index (χ3n) is 4.39. The van der Waals surface area contributed by atoms with Crippen LogP contribution in [0.3, 0.4) is 0 Å². The zero-order valence-electron chi connectivity index (χ0n) is 15.2. The number of hydrogen-bond donors (Lipinski definition) is 2. The van der Waals surface area contributed by atoms with E-state index in [-0.39, 0.29) is 6.10 Å². The Bertz CT molecular complexity index is 536. The summed E-state index contributed by atoms with van der Waals surface area (Å²) >= 11 is 0. The van der Waals surface area contributed by atoms with Gasteiger partial charge < -0.3 is 25.0 Å². The lowest BCUT2D eigenvalue weighted by Crippen LogP contribution is -2.47. The van der Waals surface area contributed by atoms with Gasteiger partial charge in [-0.15, -0.1) is 0 Å². The molecule has 2 atom stereocenters. The van der Waals surface area contributed by atoms with Crippen molar-refractivity contribution in [3.8, 4) is 11.5 Å². The zero-order chi connectivity index (χ0) is 17.4. The van der Waals surface area contributed by atoms with Gasteiger partial charge in [-0.05, 0) is 32.5 Å². The minimum atomic E-state index is -0.0266. The molecular weight excluding hydrogens is 304 g/mol. The molecule has 0 spiro atoms. The second-order valence-corrected chi connectivity index (χ2v) is 6.12. The SMILES string of the molecule is CCC(C)N(C)CCNC(=NC)NCC1COc2ccccc2O1. The molecule has 0 aliphatic carbocycles. The average molecular weight is 334 g/mol. The van der Waals surface area contributed by atoms with Crippen molar-refractivity contribution in [2.45, 2.75) is 32.4 Å². The fourth-order valence-corrected chi connectivity index (χ4v) is 2.48. The Hall–Kier alpha value is -1.95. The summed E-state index contributed by atoms with van der Waals surface area (Å²) in [5.41, 5.74) is 0. The lowest BCUT2D eigenvalue weighted by molar-refractivity contribution is 0.0936. The lowest BCUT2D eigenvalue weighted by Gasteiger charge is -2.27. The fraction of sp³-hybridized carbons (Fsp3) is 0.611. The molecule has 2 N–H and O–H groups in total. The summed E-state index contributed by atoms with van der Waals surface area (Å²) in [4.78, 5) is 6.60. The van der Waals surface area contributed by atoms with E-state index in [9.17, 15) is 0 Å². The van der Waals surface area contributed by atoms with Gasteiger partial charge in [-0.1, -0.05) is 19.1 Å². The van der Waals surface area contributed by atoms with E-state index in [0.717, 1.165) is 37.0 Å². The molecule has 6 heteroatoms. The Morgan fingerprint density at radius 1 is 1.33 bits per heavy atom. The molecule has 134 valence electrons. The number of rotatable bonds is 7. The summed E-state index contributed by atoms with van der Waals surface area (Å²) in [7, 11) is 3.93. The van der Waals surface area contributed by atoms with E-state index in [2.05, 4.69) is 41.4 Å². The zero-order valence-corrected chi connectivity index (χ0v) is 15.2. The standard InChI is InChI=1S/C18H30N4O2/c1-5-14(2)22(4)11-10-20-18(19-3)21-12-15-13-23-16-8-6-7-9-17(16)24-15/h6-9,14-15H,5,10-13H2,1-4H3,(H2,19,20,21). The van der Waals surface area contributed by atoms with Crippen molar-refractivity contribution in [1.82, 2.24) is 15.5 Å².